The first-order valence-electron chi connectivity index (χ1n) is 7.52. The van der Waals surface area contributed by atoms with Gasteiger partial charge in [-0.05, 0) is 12.8 Å². The number of hydrogen-bond donors (Lipinski definition) is 2. The Bertz CT molecular complexity index is 592. The highest BCUT2D eigenvalue weighted by atomic mass is 16.2. The quantitative estimate of drug-likeness (QED) is 0.698. The molecular weight excluding hydrogens is 300 g/mol. The fourth-order valence-electron chi connectivity index (χ4n) is 2.79. The first-order valence-corrected chi connectivity index (χ1v) is 7.52. The highest BCUT2D eigenvalue weighted by Crippen LogP contribution is 2.16. The van der Waals surface area contributed by atoms with Gasteiger partial charge in [-0.15, -0.1) is 0 Å². The molecule has 1 aromatic rings. The zero-order chi connectivity index (χ0) is 16.2. The van der Waals surface area contributed by atoms with Crippen LogP contribution in [-0.4, -0.2) is 64.9 Å². The van der Waals surface area contributed by atoms with Crippen molar-refractivity contribution in [1.82, 2.24) is 25.5 Å². The summed E-state index contributed by atoms with van der Waals surface area (Å²) in [5, 5.41) is 5.27. The zero-order valence-corrected chi connectivity index (χ0v) is 12.6. The summed E-state index contributed by atoms with van der Waals surface area (Å²) < 4.78 is 0. The molecule has 1 atom stereocenters. The van der Waals surface area contributed by atoms with Gasteiger partial charge in [0.15, 0.2) is 0 Å². The van der Waals surface area contributed by atoms with E-state index in [2.05, 4.69) is 25.5 Å². The molecule has 1 aromatic heterocycles. The Morgan fingerprint density at radius 3 is 2.96 bits per heavy atom. The molecule has 3 heterocycles. The minimum Gasteiger partial charge on any atom is -0.353 e. The summed E-state index contributed by atoms with van der Waals surface area (Å²) in [5.74, 6) is 0.0666. The summed E-state index contributed by atoms with van der Waals surface area (Å²) in [6.07, 6.45) is 6.71. The molecule has 9 nitrogen and oxygen atoms in total. The van der Waals surface area contributed by atoms with Crippen LogP contribution in [0.3, 0.4) is 0 Å². The minimum atomic E-state index is -0.519. The molecule has 0 aromatic carbocycles. The van der Waals surface area contributed by atoms with Crippen molar-refractivity contribution in [3.05, 3.63) is 18.6 Å². The third-order valence-corrected chi connectivity index (χ3v) is 3.90. The number of hydrogen-bond acceptors (Lipinski definition) is 6. The van der Waals surface area contributed by atoms with E-state index >= 15 is 0 Å². The van der Waals surface area contributed by atoms with E-state index in [4.69, 9.17) is 0 Å². The largest absolute Gasteiger partial charge is 0.353 e. The highest BCUT2D eigenvalue weighted by molar-refractivity contribution is 6.04. The smallest absolute Gasteiger partial charge is 0.325 e. The Kier molecular flexibility index (Phi) is 4.35. The van der Waals surface area contributed by atoms with E-state index in [-0.39, 0.29) is 30.9 Å². The number of urea groups is 1. The summed E-state index contributed by atoms with van der Waals surface area (Å²) in [4.78, 5) is 46.3. The number of amides is 4. The van der Waals surface area contributed by atoms with Gasteiger partial charge >= 0.3 is 6.03 Å². The van der Waals surface area contributed by atoms with Gasteiger partial charge in [-0.25, -0.2) is 9.78 Å². The number of nitrogens with zero attached hydrogens (tertiary/aromatic N) is 4. The Morgan fingerprint density at radius 1 is 1.39 bits per heavy atom. The topological polar surface area (TPSA) is 108 Å². The monoisotopic (exact) mass is 318 g/mol. The van der Waals surface area contributed by atoms with Gasteiger partial charge in [-0.1, -0.05) is 0 Å². The second kappa shape index (κ2) is 6.59. The van der Waals surface area contributed by atoms with Crippen LogP contribution in [0.2, 0.25) is 0 Å². The number of rotatable bonds is 4. The molecule has 23 heavy (non-hydrogen) atoms. The summed E-state index contributed by atoms with van der Waals surface area (Å²) >= 11 is 0. The van der Waals surface area contributed by atoms with Gasteiger partial charge in [0.05, 0.1) is 12.7 Å². The van der Waals surface area contributed by atoms with Crippen molar-refractivity contribution in [3.8, 4) is 0 Å². The van der Waals surface area contributed by atoms with Crippen molar-refractivity contribution >= 4 is 23.7 Å². The van der Waals surface area contributed by atoms with Crippen LogP contribution in [0.4, 0.5) is 10.6 Å². The molecular formula is C14H18N6O3. The molecule has 0 aliphatic carbocycles. The molecule has 122 valence electrons. The van der Waals surface area contributed by atoms with E-state index in [1.165, 1.54) is 0 Å². The van der Waals surface area contributed by atoms with Crippen molar-refractivity contribution in [2.75, 3.05) is 31.1 Å². The lowest BCUT2D eigenvalue weighted by Gasteiger charge is -2.33. The Hall–Kier alpha value is -2.71. The number of anilines is 1. The van der Waals surface area contributed by atoms with Gasteiger partial charge in [0.2, 0.25) is 5.91 Å². The zero-order valence-electron chi connectivity index (χ0n) is 12.6. The number of carbonyl (C=O) groups is 3. The molecule has 9 heteroatoms. The first kappa shape index (κ1) is 15.2. The third kappa shape index (κ3) is 3.55. The van der Waals surface area contributed by atoms with Crippen LogP contribution >= 0.6 is 0 Å². The van der Waals surface area contributed by atoms with Gasteiger partial charge < -0.3 is 15.5 Å². The highest BCUT2D eigenvalue weighted by Gasteiger charge is 2.31. The van der Waals surface area contributed by atoms with Crippen LogP contribution in [0.25, 0.3) is 0 Å². The maximum absolute atomic E-state index is 12.1. The SMILES string of the molecule is O=C(CN1C(=O)CNC1=O)N[C@H]1CCCN(c2cnccn2)C1. The lowest BCUT2D eigenvalue weighted by atomic mass is 10.1. The summed E-state index contributed by atoms with van der Waals surface area (Å²) in [6, 6.07) is -0.561. The molecule has 0 bridgehead atoms. The molecule has 2 aliphatic heterocycles. The number of nitrogens with one attached hydrogen (secondary N) is 2. The summed E-state index contributed by atoms with van der Waals surface area (Å²) in [7, 11) is 0. The van der Waals surface area contributed by atoms with Crippen LogP contribution in [-0.2, 0) is 9.59 Å². The average molecular weight is 318 g/mol. The van der Waals surface area contributed by atoms with E-state index in [0.29, 0.717) is 6.54 Å². The van der Waals surface area contributed by atoms with Gasteiger partial charge in [-0.3, -0.25) is 19.5 Å². The van der Waals surface area contributed by atoms with E-state index in [0.717, 1.165) is 30.1 Å². The first-order chi connectivity index (χ1) is 11.1. The van der Waals surface area contributed by atoms with Crippen LogP contribution in [0.15, 0.2) is 18.6 Å². The van der Waals surface area contributed by atoms with Crippen molar-refractivity contribution in [1.29, 1.82) is 0 Å². The molecule has 2 saturated heterocycles. The molecule has 2 fully saturated rings. The third-order valence-electron chi connectivity index (χ3n) is 3.90. The van der Waals surface area contributed by atoms with Crippen molar-refractivity contribution < 1.29 is 14.4 Å². The standard InChI is InChI=1S/C14H18N6O3/c21-12(9-20-13(22)7-17-14(20)23)18-10-2-1-5-19(8-10)11-6-15-3-4-16-11/h3-4,6,10H,1-2,5,7-9H2,(H,17,23)(H,18,21)/t10-/m0/s1. The van der Waals surface area contributed by atoms with Gasteiger partial charge in [0.25, 0.3) is 5.91 Å². The lowest BCUT2D eigenvalue weighted by Crippen LogP contribution is -2.51. The molecule has 0 radical (unpaired) electrons. The normalized spacial score (nSPS) is 21.3. The fourth-order valence-corrected chi connectivity index (χ4v) is 2.79. The summed E-state index contributed by atoms with van der Waals surface area (Å²) in [6.45, 7) is 1.20. The molecule has 3 rings (SSSR count). The van der Waals surface area contributed by atoms with Crippen LogP contribution in [0.1, 0.15) is 12.8 Å². The van der Waals surface area contributed by atoms with Crippen molar-refractivity contribution in [2.24, 2.45) is 0 Å². The Labute approximate surface area is 133 Å². The predicted molar refractivity (Wildman–Crippen MR) is 80.5 cm³/mol. The number of carbonyl (C=O) groups excluding carboxylic acids is 3. The molecule has 0 spiro atoms. The van der Waals surface area contributed by atoms with Gasteiger partial charge in [-0.2, -0.15) is 0 Å². The molecule has 0 saturated carbocycles. The molecule has 0 unspecified atom stereocenters. The van der Waals surface area contributed by atoms with Crippen LogP contribution < -0.4 is 15.5 Å². The Morgan fingerprint density at radius 2 is 2.26 bits per heavy atom. The number of piperidine rings is 1. The second-order valence-electron chi connectivity index (χ2n) is 5.55. The Balaban J connectivity index is 1.54. The minimum absolute atomic E-state index is 0.0426. The summed E-state index contributed by atoms with van der Waals surface area (Å²) in [5.41, 5.74) is 0. The maximum Gasteiger partial charge on any atom is 0.325 e. The van der Waals surface area contributed by atoms with E-state index in [1.54, 1.807) is 18.6 Å². The maximum atomic E-state index is 12.1. The van der Waals surface area contributed by atoms with Crippen molar-refractivity contribution in [3.63, 3.8) is 0 Å². The van der Waals surface area contributed by atoms with Gasteiger partial charge in [0, 0.05) is 31.5 Å². The number of imide groups is 1. The molecule has 4 amide bonds. The van der Waals surface area contributed by atoms with E-state index < -0.39 is 6.03 Å². The number of aromatic nitrogens is 2. The lowest BCUT2D eigenvalue weighted by molar-refractivity contribution is -0.130. The average Bonchev–Trinajstić information content (AvgIpc) is 2.88. The fraction of sp³-hybridized carbons (Fsp3) is 0.500. The second-order valence-corrected chi connectivity index (χ2v) is 5.55. The van der Waals surface area contributed by atoms with Gasteiger partial charge in [0.1, 0.15) is 12.4 Å². The molecule has 2 N–H and O–H groups in total. The van der Waals surface area contributed by atoms with Crippen molar-refractivity contribution in [2.45, 2.75) is 18.9 Å². The van der Waals surface area contributed by atoms with E-state index in [9.17, 15) is 14.4 Å². The molecule has 2 aliphatic rings. The van der Waals surface area contributed by atoms with Crippen LogP contribution in [0, 0.1) is 0 Å². The van der Waals surface area contributed by atoms with E-state index in [1.807, 2.05) is 0 Å². The van der Waals surface area contributed by atoms with Crippen LogP contribution in [0.5, 0.6) is 0 Å². The predicted octanol–water partition coefficient (Wildman–Crippen LogP) is -0.887.